The Kier molecular flexibility index (Phi) is 5.46. The zero-order valence-corrected chi connectivity index (χ0v) is 13.1. The van der Waals surface area contributed by atoms with Gasteiger partial charge >= 0.3 is 5.97 Å². The molecular weight excluding hydrogens is 284 g/mol. The molecule has 22 heavy (non-hydrogen) atoms. The van der Waals surface area contributed by atoms with Gasteiger partial charge < -0.3 is 26.8 Å². The van der Waals surface area contributed by atoms with E-state index in [1.807, 2.05) is 11.8 Å². The summed E-state index contributed by atoms with van der Waals surface area (Å²) in [7, 11) is 0. The van der Waals surface area contributed by atoms with Gasteiger partial charge in [0, 0.05) is 19.1 Å². The molecular formula is C14H26N6O2. The van der Waals surface area contributed by atoms with E-state index in [-0.39, 0.29) is 29.9 Å². The molecule has 0 aromatic heterocycles. The number of carbonyl (C=O) groups is 1. The molecule has 1 fully saturated rings. The second kappa shape index (κ2) is 7.33. The van der Waals surface area contributed by atoms with Gasteiger partial charge in [-0.25, -0.2) is 4.99 Å². The van der Waals surface area contributed by atoms with Crippen LogP contribution in [0.5, 0.6) is 0 Å². The number of aliphatic imine (C=N–C) groups is 2. The van der Waals surface area contributed by atoms with Crippen molar-refractivity contribution < 1.29 is 9.53 Å². The maximum Gasteiger partial charge on any atom is 0.313 e. The molecule has 3 atom stereocenters. The van der Waals surface area contributed by atoms with Crippen LogP contribution in [0.4, 0.5) is 0 Å². The molecule has 2 aliphatic heterocycles. The van der Waals surface area contributed by atoms with Crippen LogP contribution in [0.3, 0.4) is 0 Å². The van der Waals surface area contributed by atoms with E-state index in [1.54, 1.807) is 0 Å². The van der Waals surface area contributed by atoms with E-state index in [1.165, 1.54) is 0 Å². The highest BCUT2D eigenvalue weighted by Gasteiger charge is 2.44. The summed E-state index contributed by atoms with van der Waals surface area (Å²) in [6, 6.07) is -0.00451. The molecule has 124 valence electrons. The van der Waals surface area contributed by atoms with Crippen molar-refractivity contribution in [3.63, 3.8) is 0 Å². The molecule has 8 nitrogen and oxygen atoms in total. The number of carbonyl (C=O) groups excluding carboxylic acids is 1. The Morgan fingerprint density at radius 3 is 2.95 bits per heavy atom. The first-order valence-corrected chi connectivity index (χ1v) is 7.82. The molecule has 0 aliphatic carbocycles. The molecule has 0 spiro atoms. The summed E-state index contributed by atoms with van der Waals surface area (Å²) in [5.74, 6) is 0.232. The number of nitrogens with zero attached hydrogens (tertiary/aromatic N) is 3. The minimum atomic E-state index is -0.229. The molecule has 0 aromatic carbocycles. The fourth-order valence-corrected chi connectivity index (χ4v) is 3.18. The third kappa shape index (κ3) is 3.80. The van der Waals surface area contributed by atoms with Crippen LogP contribution in [0.1, 0.15) is 32.6 Å². The van der Waals surface area contributed by atoms with E-state index in [9.17, 15) is 4.79 Å². The first kappa shape index (κ1) is 16.4. The van der Waals surface area contributed by atoms with Gasteiger partial charge in [0.15, 0.2) is 11.9 Å². The zero-order chi connectivity index (χ0) is 16.1. The van der Waals surface area contributed by atoms with Crippen LogP contribution in [0.25, 0.3) is 0 Å². The summed E-state index contributed by atoms with van der Waals surface area (Å²) < 4.78 is 5.42. The number of hydrogen-bond donors (Lipinski definition) is 3. The second-order valence-corrected chi connectivity index (χ2v) is 5.84. The molecule has 1 saturated heterocycles. The minimum absolute atomic E-state index is 0.0878. The van der Waals surface area contributed by atoms with Gasteiger partial charge in [-0.2, -0.15) is 0 Å². The van der Waals surface area contributed by atoms with E-state index in [4.69, 9.17) is 21.9 Å². The van der Waals surface area contributed by atoms with E-state index in [0.717, 1.165) is 32.2 Å². The maximum absolute atomic E-state index is 12.4. The fraction of sp³-hybridized carbons (Fsp3) is 0.786. The summed E-state index contributed by atoms with van der Waals surface area (Å²) in [6.45, 7) is 3.73. The predicted octanol–water partition coefficient (Wildman–Crippen LogP) is -0.619. The van der Waals surface area contributed by atoms with E-state index >= 15 is 0 Å². The lowest BCUT2D eigenvalue weighted by atomic mass is 9.90. The molecule has 2 rings (SSSR count). The van der Waals surface area contributed by atoms with Crippen molar-refractivity contribution in [1.82, 2.24) is 4.90 Å². The van der Waals surface area contributed by atoms with Crippen molar-refractivity contribution in [2.24, 2.45) is 33.1 Å². The van der Waals surface area contributed by atoms with E-state index in [0.29, 0.717) is 19.1 Å². The monoisotopic (exact) mass is 310 g/mol. The van der Waals surface area contributed by atoms with Crippen LogP contribution in [-0.2, 0) is 9.53 Å². The largest absolute Gasteiger partial charge is 0.465 e. The molecule has 8 heteroatoms. The highest BCUT2D eigenvalue weighted by Crippen LogP contribution is 2.31. The third-order valence-corrected chi connectivity index (χ3v) is 4.23. The Hall–Kier alpha value is -1.99. The molecule has 2 heterocycles. The summed E-state index contributed by atoms with van der Waals surface area (Å²) in [5.41, 5.74) is 16.4. The number of fused-ring (bicyclic) bond motifs is 1. The first-order chi connectivity index (χ1) is 10.5. The maximum atomic E-state index is 12.4. The molecule has 0 aromatic rings. The fourth-order valence-electron chi connectivity index (χ4n) is 3.18. The van der Waals surface area contributed by atoms with Gasteiger partial charge in [0.25, 0.3) is 0 Å². The van der Waals surface area contributed by atoms with Crippen LogP contribution in [0.15, 0.2) is 9.98 Å². The molecule has 0 bridgehead atoms. The number of nitrogens with two attached hydrogens (primary N) is 3. The molecule has 6 N–H and O–H groups in total. The van der Waals surface area contributed by atoms with E-state index in [2.05, 4.69) is 9.98 Å². The van der Waals surface area contributed by atoms with Crippen LogP contribution in [0.2, 0.25) is 0 Å². The molecule has 0 radical (unpaired) electrons. The SMILES string of the molecule is C[C@H]1N=C(N)N2CCC[C@H]2[C@H]1C(=O)OCCCCN=C(N)N. The standard InChI is InChI=1S/C14H26N6O2/c1-9-11(10-5-4-7-20(10)14(17)19-9)12(21)22-8-3-2-6-18-13(15)16/h9-11H,2-8H2,1H3,(H2,17,19)(H4,15,16,18)/t9-,10+,11+/m1/s1. The number of esters is 1. The third-order valence-electron chi connectivity index (χ3n) is 4.23. The van der Waals surface area contributed by atoms with Crippen LogP contribution in [0, 0.1) is 5.92 Å². The Labute approximate surface area is 130 Å². The van der Waals surface area contributed by atoms with Crippen molar-refractivity contribution >= 4 is 17.9 Å². The Morgan fingerprint density at radius 2 is 2.23 bits per heavy atom. The average Bonchev–Trinajstić information content (AvgIpc) is 2.91. The van der Waals surface area contributed by atoms with Crippen molar-refractivity contribution in [3.8, 4) is 0 Å². The normalized spacial score (nSPS) is 27.0. The summed E-state index contributed by atoms with van der Waals surface area (Å²) >= 11 is 0. The van der Waals surface area contributed by atoms with Gasteiger partial charge in [0.2, 0.25) is 0 Å². The van der Waals surface area contributed by atoms with Gasteiger partial charge in [-0.3, -0.25) is 9.79 Å². The quantitative estimate of drug-likeness (QED) is 0.259. The van der Waals surface area contributed by atoms with Crippen molar-refractivity contribution in [1.29, 1.82) is 0 Å². The van der Waals surface area contributed by atoms with Crippen molar-refractivity contribution in [2.75, 3.05) is 19.7 Å². The Bertz CT molecular complexity index is 460. The average molecular weight is 310 g/mol. The number of hydrogen-bond acceptors (Lipinski definition) is 6. The lowest BCUT2D eigenvalue weighted by molar-refractivity contribution is -0.151. The number of unbranched alkanes of at least 4 members (excludes halogenated alkanes) is 1. The molecule has 2 aliphatic rings. The lowest BCUT2D eigenvalue weighted by Gasteiger charge is -2.37. The molecule has 0 amide bonds. The summed E-state index contributed by atoms with van der Waals surface area (Å²) in [6.07, 6.45) is 3.52. The number of rotatable bonds is 6. The molecule has 0 unspecified atom stereocenters. The summed E-state index contributed by atoms with van der Waals surface area (Å²) in [5, 5.41) is 0. The van der Waals surface area contributed by atoms with Gasteiger partial charge in [0.05, 0.1) is 18.6 Å². The Balaban J connectivity index is 1.80. The lowest BCUT2D eigenvalue weighted by Crippen LogP contribution is -2.54. The summed E-state index contributed by atoms with van der Waals surface area (Å²) in [4.78, 5) is 22.7. The van der Waals surface area contributed by atoms with Gasteiger partial charge in [0.1, 0.15) is 0 Å². The van der Waals surface area contributed by atoms with E-state index < -0.39 is 0 Å². The van der Waals surface area contributed by atoms with Crippen molar-refractivity contribution in [3.05, 3.63) is 0 Å². The second-order valence-electron chi connectivity index (χ2n) is 5.84. The van der Waals surface area contributed by atoms with Gasteiger partial charge in [-0.1, -0.05) is 0 Å². The minimum Gasteiger partial charge on any atom is -0.465 e. The predicted molar refractivity (Wildman–Crippen MR) is 85.2 cm³/mol. The van der Waals surface area contributed by atoms with Crippen LogP contribution in [-0.4, -0.2) is 54.6 Å². The zero-order valence-electron chi connectivity index (χ0n) is 13.1. The highest BCUT2D eigenvalue weighted by molar-refractivity contribution is 5.83. The number of guanidine groups is 2. The van der Waals surface area contributed by atoms with Crippen molar-refractivity contribution in [2.45, 2.75) is 44.7 Å². The molecule has 0 saturated carbocycles. The number of ether oxygens (including phenoxy) is 1. The smallest absolute Gasteiger partial charge is 0.313 e. The van der Waals surface area contributed by atoms with Crippen LogP contribution >= 0.6 is 0 Å². The van der Waals surface area contributed by atoms with Gasteiger partial charge in [-0.05, 0) is 32.6 Å². The first-order valence-electron chi connectivity index (χ1n) is 7.82. The van der Waals surface area contributed by atoms with Gasteiger partial charge in [-0.15, -0.1) is 0 Å². The van der Waals surface area contributed by atoms with Crippen LogP contribution < -0.4 is 17.2 Å². The topological polar surface area (TPSA) is 132 Å². The highest BCUT2D eigenvalue weighted by atomic mass is 16.5. The Morgan fingerprint density at radius 1 is 1.45 bits per heavy atom.